The second-order valence-electron chi connectivity index (χ2n) is 1.76. The fraction of sp³-hybridized carbons (Fsp3) is 0. The second kappa shape index (κ2) is 3.15. The van der Waals surface area contributed by atoms with Crippen LogP contribution in [0.25, 0.3) is 0 Å². The van der Waals surface area contributed by atoms with Crippen LogP contribution in [0, 0.1) is 5.82 Å². The van der Waals surface area contributed by atoms with Gasteiger partial charge in [-0.15, -0.1) is 0 Å². The fourth-order valence-electron chi connectivity index (χ4n) is 0.564. The second-order valence-corrected chi connectivity index (χ2v) is 2.49. The van der Waals surface area contributed by atoms with E-state index in [0.717, 1.165) is 12.3 Å². The first-order valence-corrected chi connectivity index (χ1v) is 3.37. The molecule has 1 aromatic heterocycles. The lowest BCUT2D eigenvalue weighted by Crippen LogP contribution is -1.95. The summed E-state index contributed by atoms with van der Waals surface area (Å²) in [5, 5.41) is -0.845. The Labute approximate surface area is 71.9 Å². The first-order valence-electron chi connectivity index (χ1n) is 2.62. The third-order valence-electron chi connectivity index (χ3n) is 1.03. The molecule has 0 saturated heterocycles. The molecule has 1 rings (SSSR count). The molecule has 0 amide bonds. The van der Waals surface area contributed by atoms with E-state index in [9.17, 15) is 9.18 Å². The van der Waals surface area contributed by atoms with E-state index in [2.05, 4.69) is 4.98 Å². The van der Waals surface area contributed by atoms with Crippen molar-refractivity contribution in [1.29, 1.82) is 0 Å². The van der Waals surface area contributed by atoms with Gasteiger partial charge in [0, 0.05) is 0 Å². The van der Waals surface area contributed by atoms with Crippen LogP contribution in [0.4, 0.5) is 4.39 Å². The van der Waals surface area contributed by atoms with Crippen molar-refractivity contribution in [2.75, 3.05) is 0 Å². The summed E-state index contributed by atoms with van der Waals surface area (Å²) in [4.78, 5) is 13.9. The lowest BCUT2D eigenvalue weighted by Gasteiger charge is -1.94. The van der Waals surface area contributed by atoms with Crippen LogP contribution in [-0.2, 0) is 0 Å². The molecule has 11 heavy (non-hydrogen) atoms. The Balaban J connectivity index is 3.23. The Morgan fingerprint density at radius 3 is 2.73 bits per heavy atom. The monoisotopic (exact) mass is 193 g/mol. The van der Waals surface area contributed by atoms with E-state index in [4.69, 9.17) is 23.2 Å². The van der Waals surface area contributed by atoms with E-state index in [-0.39, 0.29) is 10.7 Å². The van der Waals surface area contributed by atoms with Gasteiger partial charge in [0.2, 0.25) is 0 Å². The lowest BCUT2D eigenvalue weighted by atomic mass is 10.3. The van der Waals surface area contributed by atoms with Crippen molar-refractivity contribution in [3.05, 3.63) is 28.8 Å². The third kappa shape index (κ3) is 1.88. The Morgan fingerprint density at radius 1 is 1.64 bits per heavy atom. The van der Waals surface area contributed by atoms with E-state index in [1.54, 1.807) is 0 Å². The van der Waals surface area contributed by atoms with E-state index in [0.29, 0.717) is 0 Å². The van der Waals surface area contributed by atoms with Gasteiger partial charge in [-0.2, -0.15) is 0 Å². The number of carbonyl (C=O) groups excluding carboxylic acids is 1. The van der Waals surface area contributed by atoms with Crippen LogP contribution in [0.5, 0.6) is 0 Å². The molecule has 0 unspecified atom stereocenters. The van der Waals surface area contributed by atoms with Crippen molar-refractivity contribution in [3.8, 4) is 0 Å². The number of aromatic nitrogens is 1. The molecule has 0 aliphatic heterocycles. The van der Waals surface area contributed by atoms with Crippen LogP contribution >= 0.6 is 23.2 Å². The molecule has 0 fully saturated rings. The van der Waals surface area contributed by atoms with Crippen molar-refractivity contribution in [2.45, 2.75) is 0 Å². The average Bonchev–Trinajstić information content (AvgIpc) is 1.94. The Kier molecular flexibility index (Phi) is 2.42. The van der Waals surface area contributed by atoms with E-state index in [1.165, 1.54) is 0 Å². The normalized spacial score (nSPS) is 9.73. The highest BCUT2D eigenvalue weighted by molar-refractivity contribution is 6.67. The third-order valence-corrected chi connectivity index (χ3v) is 1.44. The smallest absolute Gasteiger partial charge is 0.255 e. The Hall–Kier alpha value is -0.670. The number of rotatable bonds is 1. The molecule has 0 spiro atoms. The molecule has 1 aromatic rings. The average molecular weight is 194 g/mol. The molecule has 0 atom stereocenters. The number of nitrogens with zero attached hydrogens (tertiary/aromatic N) is 1. The minimum atomic E-state index is -0.883. The predicted octanol–water partition coefficient (Wildman–Crippen LogP) is 2.25. The number of carbonyl (C=O) groups is 1. The maximum absolute atomic E-state index is 12.6. The largest absolute Gasteiger partial charge is 0.275 e. The quantitative estimate of drug-likeness (QED) is 0.506. The zero-order valence-corrected chi connectivity index (χ0v) is 6.66. The van der Waals surface area contributed by atoms with E-state index in [1.807, 2.05) is 0 Å². The van der Waals surface area contributed by atoms with Gasteiger partial charge in [0.15, 0.2) is 5.82 Å². The minimum Gasteiger partial charge on any atom is -0.275 e. The molecular weight excluding hydrogens is 192 g/mol. The predicted molar refractivity (Wildman–Crippen MR) is 39.4 cm³/mol. The fourth-order valence-corrected chi connectivity index (χ4v) is 0.867. The molecule has 0 radical (unpaired) electrons. The molecule has 5 heteroatoms. The summed E-state index contributed by atoms with van der Waals surface area (Å²) >= 11 is 10.4. The van der Waals surface area contributed by atoms with Crippen LogP contribution in [0.3, 0.4) is 0 Å². The summed E-state index contributed by atoms with van der Waals surface area (Å²) < 4.78 is 12.6. The molecule has 58 valence electrons. The van der Waals surface area contributed by atoms with Gasteiger partial charge in [0.1, 0.15) is 5.15 Å². The minimum absolute atomic E-state index is 0.0374. The zero-order valence-electron chi connectivity index (χ0n) is 5.14. The van der Waals surface area contributed by atoms with Crippen LogP contribution in [0.1, 0.15) is 10.4 Å². The summed E-state index contributed by atoms with van der Waals surface area (Å²) in [6, 6.07) is 1.08. The Morgan fingerprint density at radius 2 is 2.27 bits per heavy atom. The lowest BCUT2D eigenvalue weighted by molar-refractivity contribution is 0.107. The van der Waals surface area contributed by atoms with Crippen molar-refractivity contribution in [1.82, 2.24) is 4.98 Å². The standard InChI is InChI=1S/C6H2Cl2FNO/c7-5-1-3(6(8)11)4(9)2-10-5/h1-2H. The summed E-state index contributed by atoms with van der Waals surface area (Å²) in [5.41, 5.74) is -0.258. The molecule has 0 aliphatic carbocycles. The first-order chi connectivity index (χ1) is 5.11. The van der Waals surface area contributed by atoms with Crippen LogP contribution < -0.4 is 0 Å². The maximum atomic E-state index is 12.6. The van der Waals surface area contributed by atoms with Gasteiger partial charge in [0.05, 0.1) is 11.8 Å². The SMILES string of the molecule is O=C(Cl)c1cc(Cl)ncc1F. The zero-order chi connectivity index (χ0) is 8.43. The van der Waals surface area contributed by atoms with Crippen molar-refractivity contribution in [3.63, 3.8) is 0 Å². The molecular formula is C6H2Cl2FNO. The number of halogens is 3. The van der Waals surface area contributed by atoms with Crippen LogP contribution in [0.2, 0.25) is 5.15 Å². The molecule has 0 aromatic carbocycles. The van der Waals surface area contributed by atoms with Crippen LogP contribution in [0.15, 0.2) is 12.3 Å². The molecule has 0 bridgehead atoms. The molecule has 1 heterocycles. The summed E-state index contributed by atoms with van der Waals surface area (Å²) in [7, 11) is 0. The summed E-state index contributed by atoms with van der Waals surface area (Å²) in [5.74, 6) is -0.769. The highest BCUT2D eigenvalue weighted by Gasteiger charge is 2.09. The molecule has 0 aliphatic rings. The maximum Gasteiger partial charge on any atom is 0.255 e. The number of hydrogen-bond acceptors (Lipinski definition) is 2. The highest BCUT2D eigenvalue weighted by atomic mass is 35.5. The molecule has 2 nitrogen and oxygen atoms in total. The summed E-state index contributed by atoms with van der Waals surface area (Å²) in [6.45, 7) is 0. The van der Waals surface area contributed by atoms with Gasteiger partial charge >= 0.3 is 0 Å². The van der Waals surface area contributed by atoms with Gasteiger partial charge < -0.3 is 0 Å². The Bertz CT molecular complexity index is 303. The molecule has 0 N–H and O–H groups in total. The molecule has 0 saturated carbocycles. The number of hydrogen-bond donors (Lipinski definition) is 0. The van der Waals surface area contributed by atoms with Gasteiger partial charge in [-0.1, -0.05) is 11.6 Å². The first kappa shape index (κ1) is 8.43. The van der Waals surface area contributed by atoms with Crippen molar-refractivity contribution in [2.24, 2.45) is 0 Å². The van der Waals surface area contributed by atoms with Gasteiger partial charge in [-0.3, -0.25) is 4.79 Å². The van der Waals surface area contributed by atoms with Crippen molar-refractivity contribution < 1.29 is 9.18 Å². The van der Waals surface area contributed by atoms with Crippen LogP contribution in [-0.4, -0.2) is 10.2 Å². The topological polar surface area (TPSA) is 30.0 Å². The van der Waals surface area contributed by atoms with Gasteiger partial charge in [0.25, 0.3) is 5.24 Å². The summed E-state index contributed by atoms with van der Waals surface area (Å²) in [6.07, 6.45) is 0.845. The highest BCUT2D eigenvalue weighted by Crippen LogP contribution is 2.13. The van der Waals surface area contributed by atoms with E-state index >= 15 is 0 Å². The number of pyridine rings is 1. The van der Waals surface area contributed by atoms with Gasteiger partial charge in [-0.05, 0) is 17.7 Å². The van der Waals surface area contributed by atoms with E-state index < -0.39 is 11.1 Å². The van der Waals surface area contributed by atoms with Gasteiger partial charge in [-0.25, -0.2) is 9.37 Å². The van der Waals surface area contributed by atoms with Crippen molar-refractivity contribution >= 4 is 28.4 Å².